The van der Waals surface area contributed by atoms with Crippen molar-refractivity contribution in [2.75, 3.05) is 0 Å². The molecule has 0 saturated carbocycles. The largest absolute Gasteiger partial charge is 0.461 e. The van der Waals surface area contributed by atoms with Gasteiger partial charge in [0.15, 0.2) is 0 Å². The van der Waals surface area contributed by atoms with E-state index in [0.717, 1.165) is 11.5 Å². The van der Waals surface area contributed by atoms with Crippen LogP contribution >= 0.6 is 0 Å². The van der Waals surface area contributed by atoms with Gasteiger partial charge in [-0.05, 0) is 30.1 Å². The zero-order valence-electron chi connectivity index (χ0n) is 8.14. The van der Waals surface area contributed by atoms with Crippen molar-refractivity contribution in [2.45, 2.75) is 25.9 Å². The zero-order valence-corrected chi connectivity index (χ0v) is 9.78. The van der Waals surface area contributed by atoms with E-state index in [-0.39, 0.29) is 31.6 Å². The molecule has 14 heavy (non-hydrogen) atoms. The van der Waals surface area contributed by atoms with Crippen LogP contribution in [-0.4, -0.2) is 22.9 Å². The van der Waals surface area contributed by atoms with E-state index < -0.39 is 0 Å². The van der Waals surface area contributed by atoms with E-state index in [1.165, 1.54) is 0 Å². The quantitative estimate of drug-likeness (QED) is 0.723. The van der Waals surface area contributed by atoms with Crippen molar-refractivity contribution in [3.63, 3.8) is 0 Å². The summed E-state index contributed by atoms with van der Waals surface area (Å²) >= 11 is 0. The number of nitrogens with zero attached hydrogens (tertiary/aromatic N) is 3. The summed E-state index contributed by atoms with van der Waals surface area (Å²) < 4.78 is 0. The van der Waals surface area contributed by atoms with Crippen LogP contribution in [0.15, 0.2) is 29.4 Å². The van der Waals surface area contributed by atoms with Gasteiger partial charge in [-0.1, -0.05) is 19.9 Å². The van der Waals surface area contributed by atoms with Crippen molar-refractivity contribution in [1.29, 1.82) is 0 Å². The average molecular weight is 277 g/mol. The summed E-state index contributed by atoms with van der Waals surface area (Å²) in [5.74, 6) is 0.792. The van der Waals surface area contributed by atoms with Crippen LogP contribution in [0.2, 0.25) is 0 Å². The normalized spacial score (nSPS) is 24.9. The Bertz CT molecular complexity index is 323. The van der Waals surface area contributed by atoms with Crippen molar-refractivity contribution < 1.29 is 19.5 Å². The van der Waals surface area contributed by atoms with Crippen LogP contribution in [-0.2, 0) is 19.5 Å². The Morgan fingerprint density at radius 2 is 2.07 bits per heavy atom. The smallest absolute Gasteiger partial charge is 0.0615 e. The van der Waals surface area contributed by atoms with Crippen LogP contribution in [0.3, 0.4) is 0 Å². The summed E-state index contributed by atoms with van der Waals surface area (Å²) in [6.45, 7) is 4.15. The van der Waals surface area contributed by atoms with E-state index >= 15 is 0 Å². The van der Waals surface area contributed by atoms with Gasteiger partial charge in [0, 0.05) is 25.7 Å². The SMILES string of the molecule is CC1N=C(c2ccccn2)[N-]C1C.[Rh]. The number of amidine groups is 1. The minimum absolute atomic E-state index is 0. The Kier molecular flexibility index (Phi) is 3.76. The molecule has 0 fully saturated rings. The fourth-order valence-electron chi connectivity index (χ4n) is 1.26. The first-order valence-corrected chi connectivity index (χ1v) is 4.47. The predicted molar refractivity (Wildman–Crippen MR) is 53.1 cm³/mol. The molecule has 2 atom stereocenters. The molecule has 0 amide bonds. The first-order chi connectivity index (χ1) is 6.27. The van der Waals surface area contributed by atoms with Gasteiger partial charge < -0.3 is 10.3 Å². The maximum Gasteiger partial charge on any atom is 0.0615 e. The van der Waals surface area contributed by atoms with Crippen molar-refractivity contribution in [3.05, 3.63) is 35.4 Å². The number of pyridine rings is 1. The summed E-state index contributed by atoms with van der Waals surface area (Å²) in [5.41, 5.74) is 0.874. The van der Waals surface area contributed by atoms with Crippen LogP contribution < -0.4 is 0 Å². The molecule has 4 heteroatoms. The summed E-state index contributed by atoms with van der Waals surface area (Å²) in [6, 6.07) is 6.36. The van der Waals surface area contributed by atoms with Gasteiger partial charge >= 0.3 is 0 Å². The van der Waals surface area contributed by atoms with Gasteiger partial charge in [0.2, 0.25) is 0 Å². The van der Waals surface area contributed by atoms with Crippen molar-refractivity contribution in [1.82, 2.24) is 4.98 Å². The van der Waals surface area contributed by atoms with Gasteiger partial charge in [-0.15, -0.1) is 0 Å². The van der Waals surface area contributed by atoms with E-state index in [2.05, 4.69) is 29.1 Å². The molecule has 1 aromatic heterocycles. The Hall–Kier alpha value is -0.757. The van der Waals surface area contributed by atoms with E-state index in [4.69, 9.17) is 0 Å². The van der Waals surface area contributed by atoms with E-state index in [0.29, 0.717) is 0 Å². The molecule has 2 unspecified atom stereocenters. The second-order valence-electron chi connectivity index (χ2n) is 3.28. The second kappa shape index (κ2) is 4.65. The number of aliphatic imine (C=N–C) groups is 1. The second-order valence-corrected chi connectivity index (χ2v) is 3.28. The molecule has 1 aromatic rings. The summed E-state index contributed by atoms with van der Waals surface area (Å²) in [4.78, 5) is 8.63. The number of rotatable bonds is 1. The van der Waals surface area contributed by atoms with Gasteiger partial charge in [0.05, 0.1) is 5.69 Å². The minimum atomic E-state index is 0. The van der Waals surface area contributed by atoms with Crippen LogP contribution in [0.5, 0.6) is 0 Å². The summed E-state index contributed by atoms with van der Waals surface area (Å²) in [6.07, 6.45) is 1.76. The Morgan fingerprint density at radius 3 is 2.57 bits per heavy atom. The molecule has 77 valence electrons. The zero-order chi connectivity index (χ0) is 9.26. The maximum absolute atomic E-state index is 4.43. The first-order valence-electron chi connectivity index (χ1n) is 4.47. The van der Waals surface area contributed by atoms with Gasteiger partial charge in [0.25, 0.3) is 0 Å². The molecule has 0 aliphatic carbocycles. The first kappa shape index (κ1) is 11.3. The van der Waals surface area contributed by atoms with E-state index in [1.807, 2.05) is 18.2 Å². The molecule has 2 heterocycles. The molecule has 1 radical (unpaired) electrons. The molecular formula is C10H12N3Rh-. The summed E-state index contributed by atoms with van der Waals surface area (Å²) in [7, 11) is 0. The molecule has 0 spiro atoms. The van der Waals surface area contributed by atoms with Crippen LogP contribution in [0, 0.1) is 0 Å². The number of hydrogen-bond acceptors (Lipinski definition) is 2. The molecule has 0 aromatic carbocycles. The van der Waals surface area contributed by atoms with Gasteiger partial charge in [-0.25, -0.2) is 0 Å². The van der Waals surface area contributed by atoms with Crippen molar-refractivity contribution in [3.8, 4) is 0 Å². The van der Waals surface area contributed by atoms with Crippen molar-refractivity contribution >= 4 is 5.84 Å². The standard InChI is InChI=1S/C10H12N3.Rh/c1-7-8(2)13-10(12-7)9-5-3-4-6-11-9;/h3-8H,1-2H3;/q-1;. The third-order valence-electron chi connectivity index (χ3n) is 2.24. The monoisotopic (exact) mass is 277 g/mol. The minimum Gasteiger partial charge on any atom is -0.461 e. The van der Waals surface area contributed by atoms with E-state index in [1.54, 1.807) is 6.20 Å². The predicted octanol–water partition coefficient (Wildman–Crippen LogP) is 1.99. The fraction of sp³-hybridized carbons (Fsp3) is 0.400. The van der Waals surface area contributed by atoms with Gasteiger partial charge in [0.1, 0.15) is 0 Å². The Labute approximate surface area is 96.8 Å². The fourth-order valence-corrected chi connectivity index (χ4v) is 1.26. The van der Waals surface area contributed by atoms with Crippen LogP contribution in [0.25, 0.3) is 5.32 Å². The molecule has 3 nitrogen and oxygen atoms in total. The van der Waals surface area contributed by atoms with Crippen molar-refractivity contribution in [2.24, 2.45) is 4.99 Å². The third-order valence-corrected chi connectivity index (χ3v) is 2.24. The third kappa shape index (κ3) is 2.18. The van der Waals surface area contributed by atoms with E-state index in [9.17, 15) is 0 Å². The molecule has 0 saturated heterocycles. The molecule has 0 N–H and O–H groups in total. The number of aromatic nitrogens is 1. The van der Waals surface area contributed by atoms with Gasteiger partial charge in [-0.3, -0.25) is 4.98 Å². The molecule has 1 aliphatic heterocycles. The van der Waals surface area contributed by atoms with Gasteiger partial charge in [-0.2, -0.15) is 0 Å². The average Bonchev–Trinajstić information content (AvgIpc) is 2.49. The van der Waals surface area contributed by atoms with Crippen LogP contribution in [0.4, 0.5) is 0 Å². The molecule has 2 rings (SSSR count). The van der Waals surface area contributed by atoms with Crippen LogP contribution in [0.1, 0.15) is 19.5 Å². The molecule has 0 bridgehead atoms. The molecular weight excluding hydrogens is 265 g/mol. The number of hydrogen-bond donors (Lipinski definition) is 0. The maximum atomic E-state index is 4.43. The summed E-state index contributed by atoms with van der Waals surface area (Å²) in [5, 5.41) is 4.43. The topological polar surface area (TPSA) is 39.4 Å². The Morgan fingerprint density at radius 1 is 1.29 bits per heavy atom. The molecule has 1 aliphatic rings. The Balaban J connectivity index is 0.000000980.